The summed E-state index contributed by atoms with van der Waals surface area (Å²) in [6.07, 6.45) is 0. The van der Waals surface area contributed by atoms with E-state index in [0.717, 1.165) is 18.2 Å². The highest BCUT2D eigenvalue weighted by molar-refractivity contribution is 5.84. The summed E-state index contributed by atoms with van der Waals surface area (Å²) in [5.41, 5.74) is -0.133. The standard InChI is InChI=1S/C20H11F5O/c1-2-26-20-17(23)9-13(18(24)19(20)25)6-4-11-3-5-12-8-15(21)16(22)10-14(12)7-11/h3,5,7-10H,2H2,1H3. The highest BCUT2D eigenvalue weighted by atomic mass is 19.2. The summed E-state index contributed by atoms with van der Waals surface area (Å²) in [7, 11) is 0. The average molecular weight is 362 g/mol. The molecule has 3 rings (SSSR count). The first kappa shape index (κ1) is 17.7. The Hall–Kier alpha value is -3.07. The summed E-state index contributed by atoms with van der Waals surface area (Å²) in [6, 6.07) is 7.27. The van der Waals surface area contributed by atoms with E-state index in [9.17, 15) is 22.0 Å². The Morgan fingerprint density at radius 1 is 0.769 bits per heavy atom. The van der Waals surface area contributed by atoms with Crippen molar-refractivity contribution in [1.82, 2.24) is 0 Å². The number of fused-ring (bicyclic) bond motifs is 1. The van der Waals surface area contributed by atoms with Crippen LogP contribution in [0.25, 0.3) is 10.8 Å². The van der Waals surface area contributed by atoms with Crippen LogP contribution in [0.2, 0.25) is 0 Å². The van der Waals surface area contributed by atoms with E-state index in [2.05, 4.69) is 11.8 Å². The predicted molar refractivity (Wildman–Crippen MR) is 87.3 cm³/mol. The first-order valence-electron chi connectivity index (χ1n) is 7.61. The molecule has 0 radical (unpaired) electrons. The van der Waals surface area contributed by atoms with Crippen LogP contribution in [0.4, 0.5) is 22.0 Å². The van der Waals surface area contributed by atoms with Gasteiger partial charge in [0.2, 0.25) is 5.82 Å². The van der Waals surface area contributed by atoms with Gasteiger partial charge in [-0.15, -0.1) is 0 Å². The van der Waals surface area contributed by atoms with E-state index in [1.807, 2.05) is 0 Å². The van der Waals surface area contributed by atoms with Crippen molar-refractivity contribution in [3.8, 4) is 17.6 Å². The third kappa shape index (κ3) is 3.33. The number of hydrogen-bond donors (Lipinski definition) is 0. The Balaban J connectivity index is 2.02. The molecule has 0 heterocycles. The van der Waals surface area contributed by atoms with Crippen LogP contribution >= 0.6 is 0 Å². The zero-order valence-electron chi connectivity index (χ0n) is 13.5. The van der Waals surface area contributed by atoms with E-state index in [-0.39, 0.29) is 6.61 Å². The van der Waals surface area contributed by atoms with Crippen LogP contribution in [0.3, 0.4) is 0 Å². The fraction of sp³-hybridized carbons (Fsp3) is 0.100. The average Bonchev–Trinajstić information content (AvgIpc) is 2.61. The molecular weight excluding hydrogens is 351 g/mol. The van der Waals surface area contributed by atoms with Gasteiger partial charge in [0.1, 0.15) is 0 Å². The van der Waals surface area contributed by atoms with Gasteiger partial charge in [0.25, 0.3) is 0 Å². The summed E-state index contributed by atoms with van der Waals surface area (Å²) in [5.74, 6) is -1.72. The monoisotopic (exact) mass is 362 g/mol. The molecule has 0 unspecified atom stereocenters. The van der Waals surface area contributed by atoms with Crippen LogP contribution in [0.1, 0.15) is 18.1 Å². The molecule has 3 aromatic rings. The lowest BCUT2D eigenvalue weighted by atomic mass is 10.1. The van der Waals surface area contributed by atoms with Gasteiger partial charge >= 0.3 is 0 Å². The molecule has 0 fully saturated rings. The molecule has 0 amide bonds. The molecule has 0 N–H and O–H groups in total. The fourth-order valence-corrected chi connectivity index (χ4v) is 2.41. The van der Waals surface area contributed by atoms with Crippen molar-refractivity contribution in [1.29, 1.82) is 0 Å². The van der Waals surface area contributed by atoms with Gasteiger partial charge in [-0.2, -0.15) is 4.39 Å². The van der Waals surface area contributed by atoms with E-state index in [1.165, 1.54) is 25.1 Å². The summed E-state index contributed by atoms with van der Waals surface area (Å²) in [6.45, 7) is 1.49. The third-order valence-corrected chi connectivity index (χ3v) is 3.63. The van der Waals surface area contributed by atoms with Crippen LogP contribution in [0.15, 0.2) is 36.4 Å². The molecule has 0 bridgehead atoms. The Labute approximate surface area is 146 Å². The maximum absolute atomic E-state index is 14.0. The number of halogens is 5. The van der Waals surface area contributed by atoms with Gasteiger partial charge in [-0.1, -0.05) is 17.9 Å². The van der Waals surface area contributed by atoms with Gasteiger partial charge in [0.15, 0.2) is 29.0 Å². The maximum atomic E-state index is 14.0. The van der Waals surface area contributed by atoms with E-state index >= 15 is 0 Å². The molecule has 132 valence electrons. The lowest BCUT2D eigenvalue weighted by Crippen LogP contribution is -2.02. The van der Waals surface area contributed by atoms with Crippen molar-refractivity contribution < 1.29 is 26.7 Å². The Morgan fingerprint density at radius 3 is 2.15 bits per heavy atom. The second-order valence-electron chi connectivity index (χ2n) is 5.37. The maximum Gasteiger partial charge on any atom is 0.204 e. The van der Waals surface area contributed by atoms with Gasteiger partial charge in [0.05, 0.1) is 12.2 Å². The van der Waals surface area contributed by atoms with Gasteiger partial charge < -0.3 is 4.74 Å². The van der Waals surface area contributed by atoms with Crippen LogP contribution in [0.5, 0.6) is 5.75 Å². The second-order valence-corrected chi connectivity index (χ2v) is 5.37. The SMILES string of the molecule is CCOc1c(F)cc(C#Cc2ccc3cc(F)c(F)cc3c2)c(F)c1F. The molecule has 0 aliphatic heterocycles. The summed E-state index contributed by atoms with van der Waals surface area (Å²) >= 11 is 0. The number of hydrogen-bond acceptors (Lipinski definition) is 1. The molecule has 0 aromatic heterocycles. The quantitative estimate of drug-likeness (QED) is 0.340. The third-order valence-electron chi connectivity index (χ3n) is 3.63. The van der Waals surface area contributed by atoms with Gasteiger partial charge in [-0.05, 0) is 48.0 Å². The highest BCUT2D eigenvalue weighted by Gasteiger charge is 2.19. The van der Waals surface area contributed by atoms with Crippen LogP contribution in [-0.4, -0.2) is 6.61 Å². The lowest BCUT2D eigenvalue weighted by molar-refractivity contribution is 0.295. The van der Waals surface area contributed by atoms with Gasteiger partial charge in [0, 0.05) is 5.56 Å². The van der Waals surface area contributed by atoms with Gasteiger partial charge in [-0.3, -0.25) is 0 Å². The number of ether oxygens (including phenoxy) is 1. The van der Waals surface area contributed by atoms with E-state index < -0.39 is 40.4 Å². The predicted octanol–water partition coefficient (Wildman–Crippen LogP) is 5.33. The molecule has 0 aliphatic carbocycles. The smallest absolute Gasteiger partial charge is 0.204 e. The Kier molecular flexibility index (Phi) is 4.81. The van der Waals surface area contributed by atoms with Crippen molar-refractivity contribution in [2.24, 2.45) is 0 Å². The number of rotatable bonds is 2. The van der Waals surface area contributed by atoms with Gasteiger partial charge in [-0.25, -0.2) is 17.6 Å². The molecule has 0 atom stereocenters. The van der Waals surface area contributed by atoms with Crippen LogP contribution in [0, 0.1) is 40.9 Å². The first-order valence-corrected chi connectivity index (χ1v) is 7.61. The molecule has 3 aromatic carbocycles. The van der Waals surface area contributed by atoms with Crippen molar-refractivity contribution in [2.45, 2.75) is 6.92 Å². The van der Waals surface area contributed by atoms with Crippen LogP contribution < -0.4 is 4.74 Å². The Bertz CT molecular complexity index is 1060. The molecule has 26 heavy (non-hydrogen) atoms. The van der Waals surface area contributed by atoms with Crippen LogP contribution in [-0.2, 0) is 0 Å². The largest absolute Gasteiger partial charge is 0.488 e. The van der Waals surface area contributed by atoms with Crippen molar-refractivity contribution in [3.05, 3.63) is 76.6 Å². The minimum absolute atomic E-state index is 0.0213. The first-order chi connectivity index (χ1) is 12.4. The Morgan fingerprint density at radius 2 is 1.46 bits per heavy atom. The summed E-state index contributed by atoms with van der Waals surface area (Å²) in [5, 5.41) is 0.846. The molecule has 0 saturated heterocycles. The zero-order valence-corrected chi connectivity index (χ0v) is 13.5. The van der Waals surface area contributed by atoms with Crippen molar-refractivity contribution >= 4 is 10.8 Å². The molecule has 0 spiro atoms. The van der Waals surface area contributed by atoms with E-state index in [0.29, 0.717) is 16.3 Å². The molecule has 0 saturated carbocycles. The zero-order chi connectivity index (χ0) is 18.8. The van der Waals surface area contributed by atoms with E-state index in [4.69, 9.17) is 4.74 Å². The summed E-state index contributed by atoms with van der Waals surface area (Å²) in [4.78, 5) is 0. The normalized spacial score (nSPS) is 10.5. The molecule has 0 aliphatic rings. The molecule has 6 heteroatoms. The molecule has 1 nitrogen and oxygen atoms in total. The van der Waals surface area contributed by atoms with Crippen molar-refractivity contribution in [3.63, 3.8) is 0 Å². The minimum Gasteiger partial charge on any atom is -0.488 e. The topological polar surface area (TPSA) is 9.23 Å². The second kappa shape index (κ2) is 7.04. The lowest BCUT2D eigenvalue weighted by Gasteiger charge is -2.07. The number of benzene rings is 3. The fourth-order valence-electron chi connectivity index (χ4n) is 2.41. The summed E-state index contributed by atoms with van der Waals surface area (Å²) < 4.78 is 72.9. The minimum atomic E-state index is -1.45. The molecular formula is C20H11F5O. The highest BCUT2D eigenvalue weighted by Crippen LogP contribution is 2.26. The van der Waals surface area contributed by atoms with Crippen molar-refractivity contribution in [2.75, 3.05) is 6.61 Å². The van der Waals surface area contributed by atoms with E-state index in [1.54, 1.807) is 0 Å².